The van der Waals surface area contributed by atoms with Crippen LogP contribution in [-0.2, 0) is 26.0 Å². The molecule has 1 amide bonds. The zero-order valence-corrected chi connectivity index (χ0v) is 13.3. The number of aromatic nitrogens is 1. The van der Waals surface area contributed by atoms with Gasteiger partial charge in [0.15, 0.2) is 5.13 Å². The molecular weight excluding hydrogens is 318 g/mol. The average molecular weight is 335 g/mol. The summed E-state index contributed by atoms with van der Waals surface area (Å²) in [5, 5.41) is 10.5. The van der Waals surface area contributed by atoms with Crippen molar-refractivity contribution < 1.29 is 23.1 Å². The monoisotopic (exact) mass is 335 g/mol. The van der Waals surface area contributed by atoms with Crippen LogP contribution in [0, 0.1) is 0 Å². The minimum absolute atomic E-state index is 0.0603. The van der Waals surface area contributed by atoms with Gasteiger partial charge < -0.3 is 10.0 Å². The van der Waals surface area contributed by atoms with E-state index in [4.69, 9.17) is 5.11 Å². The van der Waals surface area contributed by atoms with Crippen molar-refractivity contribution in [3.63, 3.8) is 0 Å². The van der Waals surface area contributed by atoms with E-state index in [2.05, 4.69) is 9.71 Å². The molecule has 0 atom stereocenters. The second-order valence-corrected chi connectivity index (χ2v) is 7.01. The lowest BCUT2D eigenvalue weighted by atomic mass is 10.3. The van der Waals surface area contributed by atoms with Crippen LogP contribution in [0.5, 0.6) is 0 Å². The third-order valence-corrected chi connectivity index (χ3v) is 3.83. The van der Waals surface area contributed by atoms with E-state index in [-0.39, 0.29) is 24.0 Å². The number of thiazole rings is 1. The molecule has 10 heteroatoms. The van der Waals surface area contributed by atoms with Crippen LogP contribution in [0.15, 0.2) is 5.38 Å². The van der Waals surface area contributed by atoms with Crippen molar-refractivity contribution >= 4 is 38.4 Å². The highest BCUT2D eigenvalue weighted by molar-refractivity contribution is 7.92. The SMILES string of the molecule is CCCN(CC(=O)O)C(=O)Cc1csc(NS(C)(=O)=O)n1. The van der Waals surface area contributed by atoms with E-state index in [0.29, 0.717) is 18.7 Å². The fourth-order valence-electron chi connectivity index (χ4n) is 1.59. The molecule has 0 bridgehead atoms. The van der Waals surface area contributed by atoms with Gasteiger partial charge in [0.05, 0.1) is 18.4 Å². The molecular formula is C11H17N3O5S2. The Morgan fingerprint density at radius 3 is 2.67 bits per heavy atom. The van der Waals surface area contributed by atoms with Gasteiger partial charge in [-0.1, -0.05) is 6.92 Å². The van der Waals surface area contributed by atoms with E-state index in [9.17, 15) is 18.0 Å². The molecule has 1 aromatic heterocycles. The van der Waals surface area contributed by atoms with Crippen LogP contribution in [0.1, 0.15) is 19.0 Å². The van der Waals surface area contributed by atoms with Gasteiger partial charge in [-0.15, -0.1) is 11.3 Å². The molecule has 118 valence electrons. The number of rotatable bonds is 8. The van der Waals surface area contributed by atoms with Crippen molar-refractivity contribution in [1.29, 1.82) is 0 Å². The Morgan fingerprint density at radius 1 is 1.48 bits per heavy atom. The van der Waals surface area contributed by atoms with Crippen molar-refractivity contribution in [2.75, 3.05) is 24.1 Å². The summed E-state index contributed by atoms with van der Waals surface area (Å²) >= 11 is 1.07. The average Bonchev–Trinajstić information content (AvgIpc) is 2.72. The number of carbonyl (C=O) groups is 2. The van der Waals surface area contributed by atoms with Crippen molar-refractivity contribution in [3.8, 4) is 0 Å². The molecule has 8 nitrogen and oxygen atoms in total. The number of hydrogen-bond acceptors (Lipinski definition) is 6. The Bertz CT molecular complexity index is 611. The predicted molar refractivity (Wildman–Crippen MR) is 78.8 cm³/mol. The Labute approximate surface area is 126 Å². The smallest absolute Gasteiger partial charge is 0.323 e. The molecule has 0 spiro atoms. The molecule has 0 saturated heterocycles. The molecule has 0 saturated carbocycles. The van der Waals surface area contributed by atoms with E-state index >= 15 is 0 Å². The lowest BCUT2D eigenvalue weighted by Crippen LogP contribution is -2.37. The lowest BCUT2D eigenvalue weighted by molar-refractivity contribution is -0.144. The molecule has 0 radical (unpaired) electrons. The fraction of sp³-hybridized carbons (Fsp3) is 0.545. The molecule has 0 fully saturated rings. The zero-order valence-electron chi connectivity index (χ0n) is 11.7. The summed E-state index contributed by atoms with van der Waals surface area (Å²) in [5.74, 6) is -1.43. The van der Waals surface area contributed by atoms with Gasteiger partial charge in [-0.25, -0.2) is 13.4 Å². The van der Waals surface area contributed by atoms with Crippen LogP contribution in [0.3, 0.4) is 0 Å². The number of aliphatic carboxylic acids is 1. The van der Waals surface area contributed by atoms with Crippen LogP contribution < -0.4 is 4.72 Å². The first kappa shape index (κ1) is 17.4. The van der Waals surface area contributed by atoms with Crippen molar-refractivity contribution in [2.45, 2.75) is 19.8 Å². The molecule has 0 unspecified atom stereocenters. The normalized spacial score (nSPS) is 11.1. The summed E-state index contributed by atoms with van der Waals surface area (Å²) in [6.07, 6.45) is 1.60. The maximum Gasteiger partial charge on any atom is 0.323 e. The van der Waals surface area contributed by atoms with Gasteiger partial charge in [0.1, 0.15) is 6.54 Å². The second-order valence-electron chi connectivity index (χ2n) is 4.40. The summed E-state index contributed by atoms with van der Waals surface area (Å²) in [5.41, 5.74) is 0.405. The standard InChI is InChI=1S/C11H17N3O5S2/c1-3-4-14(6-10(16)17)9(15)5-8-7-20-11(12-8)13-21(2,18)19/h7H,3-6H2,1-2H3,(H,12,13)(H,16,17). The van der Waals surface area contributed by atoms with Crippen LogP contribution in [-0.4, -0.2) is 54.6 Å². The van der Waals surface area contributed by atoms with E-state index < -0.39 is 16.0 Å². The largest absolute Gasteiger partial charge is 0.480 e. The zero-order chi connectivity index (χ0) is 16.0. The number of nitrogens with one attached hydrogen (secondary N) is 1. The second kappa shape index (κ2) is 7.36. The first-order valence-electron chi connectivity index (χ1n) is 6.13. The molecule has 1 aromatic rings. The van der Waals surface area contributed by atoms with Crippen LogP contribution >= 0.6 is 11.3 Å². The number of carbonyl (C=O) groups excluding carboxylic acids is 1. The quantitative estimate of drug-likeness (QED) is 0.709. The van der Waals surface area contributed by atoms with E-state index in [1.807, 2.05) is 6.92 Å². The van der Waals surface area contributed by atoms with Gasteiger partial charge in [-0.3, -0.25) is 14.3 Å². The number of amides is 1. The number of carboxylic acid groups (broad SMARTS) is 1. The first-order valence-corrected chi connectivity index (χ1v) is 8.90. The molecule has 1 rings (SSSR count). The fourth-order valence-corrected chi connectivity index (χ4v) is 3.15. The molecule has 0 aliphatic heterocycles. The lowest BCUT2D eigenvalue weighted by Gasteiger charge is -2.19. The molecule has 0 aromatic carbocycles. The van der Waals surface area contributed by atoms with Crippen molar-refractivity contribution in [3.05, 3.63) is 11.1 Å². The van der Waals surface area contributed by atoms with E-state index in [0.717, 1.165) is 17.6 Å². The molecule has 0 aliphatic carbocycles. The number of nitrogens with zero attached hydrogens (tertiary/aromatic N) is 2. The Kier molecular flexibility index (Phi) is 6.09. The minimum Gasteiger partial charge on any atom is -0.480 e. The minimum atomic E-state index is -3.41. The van der Waals surface area contributed by atoms with Gasteiger partial charge in [-0.2, -0.15) is 0 Å². The summed E-state index contributed by atoms with van der Waals surface area (Å²) in [6.45, 7) is 1.84. The number of carboxylic acids is 1. The Balaban J connectivity index is 2.70. The van der Waals surface area contributed by atoms with Crippen LogP contribution in [0.2, 0.25) is 0 Å². The number of sulfonamides is 1. The van der Waals surface area contributed by atoms with Crippen molar-refractivity contribution in [1.82, 2.24) is 9.88 Å². The summed E-state index contributed by atoms with van der Waals surface area (Å²) in [7, 11) is -3.41. The third kappa shape index (κ3) is 6.54. The topological polar surface area (TPSA) is 117 Å². The number of hydrogen-bond donors (Lipinski definition) is 2. The van der Waals surface area contributed by atoms with Gasteiger partial charge >= 0.3 is 5.97 Å². The van der Waals surface area contributed by atoms with Crippen molar-refractivity contribution in [2.24, 2.45) is 0 Å². The maximum atomic E-state index is 12.0. The molecule has 2 N–H and O–H groups in total. The van der Waals surface area contributed by atoms with Crippen LogP contribution in [0.25, 0.3) is 0 Å². The highest BCUT2D eigenvalue weighted by Crippen LogP contribution is 2.17. The van der Waals surface area contributed by atoms with E-state index in [1.54, 1.807) is 5.38 Å². The van der Waals surface area contributed by atoms with Gasteiger partial charge in [0.25, 0.3) is 0 Å². The molecule has 0 aliphatic rings. The summed E-state index contributed by atoms with van der Waals surface area (Å²) in [6, 6.07) is 0. The Morgan fingerprint density at radius 2 is 2.14 bits per heavy atom. The highest BCUT2D eigenvalue weighted by Gasteiger charge is 2.18. The first-order chi connectivity index (χ1) is 9.71. The van der Waals surface area contributed by atoms with Gasteiger partial charge in [0, 0.05) is 11.9 Å². The summed E-state index contributed by atoms with van der Waals surface area (Å²) in [4.78, 5) is 28.0. The van der Waals surface area contributed by atoms with E-state index in [1.165, 1.54) is 4.90 Å². The number of anilines is 1. The third-order valence-electron chi connectivity index (χ3n) is 2.33. The van der Waals surface area contributed by atoms with Gasteiger partial charge in [0.2, 0.25) is 15.9 Å². The summed E-state index contributed by atoms with van der Waals surface area (Å²) < 4.78 is 24.3. The maximum absolute atomic E-state index is 12.0. The van der Waals surface area contributed by atoms with Gasteiger partial charge in [-0.05, 0) is 6.42 Å². The molecule has 1 heterocycles. The van der Waals surface area contributed by atoms with Crippen LogP contribution in [0.4, 0.5) is 5.13 Å². The predicted octanol–water partition coefficient (Wildman–Crippen LogP) is 0.380. The molecule has 21 heavy (non-hydrogen) atoms. The highest BCUT2D eigenvalue weighted by atomic mass is 32.2. The Hall–Kier alpha value is -1.68.